The zero-order valence-corrected chi connectivity index (χ0v) is 18.1. The standard InChI is InChI=1S/C26H27F3N2O/c1-24(26(27,28)29)11-9-19(10-12-24)31-15-13-25(14-16-31)17-22(25)30-23(32)21-8-4-6-18-5-2-3-7-20(18)21/h2-11,22H,12-17H2,1H3,(H,30,32). The molecule has 2 atom stereocenters. The molecule has 2 aromatic rings. The molecule has 1 amide bonds. The van der Waals surface area contributed by atoms with E-state index in [0.717, 1.165) is 48.8 Å². The molecule has 1 saturated heterocycles. The molecule has 1 N–H and O–H groups in total. The molecule has 2 aliphatic carbocycles. The van der Waals surface area contributed by atoms with Gasteiger partial charge in [0.2, 0.25) is 0 Å². The van der Waals surface area contributed by atoms with E-state index in [-0.39, 0.29) is 23.8 Å². The Morgan fingerprint density at radius 1 is 1.09 bits per heavy atom. The molecule has 32 heavy (non-hydrogen) atoms. The number of allylic oxidation sites excluding steroid dienone is 3. The highest BCUT2D eigenvalue weighted by molar-refractivity contribution is 6.07. The first-order valence-electron chi connectivity index (χ1n) is 11.2. The molecule has 5 rings (SSSR count). The van der Waals surface area contributed by atoms with E-state index in [1.165, 1.54) is 13.0 Å². The summed E-state index contributed by atoms with van der Waals surface area (Å²) in [5.41, 5.74) is -0.0664. The topological polar surface area (TPSA) is 32.3 Å². The van der Waals surface area contributed by atoms with Crippen LogP contribution < -0.4 is 5.32 Å². The fourth-order valence-corrected chi connectivity index (χ4v) is 5.14. The van der Waals surface area contributed by atoms with Gasteiger partial charge in [0.15, 0.2) is 0 Å². The summed E-state index contributed by atoms with van der Waals surface area (Å²) in [5.74, 6) is -0.0320. The van der Waals surface area contributed by atoms with E-state index in [0.29, 0.717) is 5.56 Å². The van der Waals surface area contributed by atoms with Crippen LogP contribution in [0.4, 0.5) is 13.2 Å². The fourth-order valence-electron chi connectivity index (χ4n) is 5.14. The van der Waals surface area contributed by atoms with E-state index >= 15 is 0 Å². The molecule has 1 spiro atoms. The molecule has 0 radical (unpaired) electrons. The minimum absolute atomic E-state index is 0.0201. The smallest absolute Gasteiger partial charge is 0.372 e. The van der Waals surface area contributed by atoms with Crippen LogP contribution >= 0.6 is 0 Å². The highest BCUT2D eigenvalue weighted by Gasteiger charge is 2.56. The molecule has 2 aromatic carbocycles. The van der Waals surface area contributed by atoms with Gasteiger partial charge >= 0.3 is 6.18 Å². The van der Waals surface area contributed by atoms with E-state index in [4.69, 9.17) is 0 Å². The van der Waals surface area contributed by atoms with Crippen molar-refractivity contribution in [2.45, 2.75) is 44.8 Å². The molecule has 1 saturated carbocycles. The van der Waals surface area contributed by atoms with Gasteiger partial charge in [-0.05, 0) is 60.9 Å². The number of nitrogens with zero attached hydrogens (tertiary/aromatic N) is 1. The van der Waals surface area contributed by atoms with E-state index in [9.17, 15) is 18.0 Å². The SMILES string of the molecule is CC1(C(F)(F)F)C=CC(N2CCC3(CC2)CC3NC(=O)c2cccc3ccccc23)=CC1. The Morgan fingerprint density at radius 2 is 1.81 bits per heavy atom. The molecular formula is C26H27F3N2O. The Bertz CT molecular complexity index is 1110. The van der Waals surface area contributed by atoms with Crippen molar-refractivity contribution in [2.75, 3.05) is 13.1 Å². The van der Waals surface area contributed by atoms with Gasteiger partial charge in [0, 0.05) is 30.4 Å². The van der Waals surface area contributed by atoms with Crippen LogP contribution in [-0.4, -0.2) is 36.1 Å². The van der Waals surface area contributed by atoms with Crippen molar-refractivity contribution in [3.05, 3.63) is 72.0 Å². The van der Waals surface area contributed by atoms with Crippen molar-refractivity contribution in [3.63, 3.8) is 0 Å². The number of nitrogens with one attached hydrogen (secondary N) is 1. The first kappa shape index (κ1) is 21.1. The monoisotopic (exact) mass is 440 g/mol. The van der Waals surface area contributed by atoms with Gasteiger partial charge in [0.05, 0.1) is 5.41 Å². The van der Waals surface area contributed by atoms with Crippen LogP contribution in [0.15, 0.2) is 66.4 Å². The molecule has 2 unspecified atom stereocenters. The summed E-state index contributed by atoms with van der Waals surface area (Å²) in [7, 11) is 0. The maximum atomic E-state index is 13.2. The first-order valence-corrected chi connectivity index (χ1v) is 11.2. The molecule has 1 heterocycles. The molecule has 3 nitrogen and oxygen atoms in total. The summed E-state index contributed by atoms with van der Waals surface area (Å²) in [6.45, 7) is 2.86. The van der Waals surface area contributed by atoms with Crippen LogP contribution in [0.2, 0.25) is 0 Å². The third-order valence-electron chi connectivity index (χ3n) is 7.66. The number of halogens is 3. The fraction of sp³-hybridized carbons (Fsp3) is 0.423. The number of carbonyl (C=O) groups excluding carboxylic acids is 1. The van der Waals surface area contributed by atoms with Crippen molar-refractivity contribution in [2.24, 2.45) is 10.8 Å². The van der Waals surface area contributed by atoms with Gasteiger partial charge in [-0.3, -0.25) is 4.79 Å². The molecule has 0 bridgehead atoms. The third kappa shape index (κ3) is 3.59. The molecule has 1 aliphatic heterocycles. The second-order valence-corrected chi connectivity index (χ2v) is 9.69. The number of benzene rings is 2. The lowest BCUT2D eigenvalue weighted by molar-refractivity contribution is -0.199. The molecule has 0 aromatic heterocycles. The van der Waals surface area contributed by atoms with Gasteiger partial charge in [-0.2, -0.15) is 13.2 Å². The highest BCUT2D eigenvalue weighted by atomic mass is 19.4. The summed E-state index contributed by atoms with van der Waals surface area (Å²) < 4.78 is 39.7. The average molecular weight is 441 g/mol. The zero-order chi connectivity index (χ0) is 22.6. The lowest BCUT2D eigenvalue weighted by Gasteiger charge is -2.38. The number of piperidine rings is 1. The van der Waals surface area contributed by atoms with Gasteiger partial charge in [-0.25, -0.2) is 0 Å². The van der Waals surface area contributed by atoms with E-state index in [2.05, 4.69) is 10.2 Å². The molecular weight excluding hydrogens is 413 g/mol. The second kappa shape index (κ2) is 7.39. The Kier molecular flexibility index (Phi) is 4.88. The van der Waals surface area contributed by atoms with Crippen LogP contribution in [0.5, 0.6) is 0 Å². The average Bonchev–Trinajstić information content (AvgIpc) is 3.44. The molecule has 2 fully saturated rings. The van der Waals surface area contributed by atoms with E-state index < -0.39 is 11.6 Å². The van der Waals surface area contributed by atoms with Crippen molar-refractivity contribution in [3.8, 4) is 0 Å². The lowest BCUT2D eigenvalue weighted by atomic mass is 9.82. The quantitative estimate of drug-likeness (QED) is 0.651. The lowest BCUT2D eigenvalue weighted by Crippen LogP contribution is -2.39. The second-order valence-electron chi connectivity index (χ2n) is 9.69. The number of likely N-dealkylation sites (tertiary alicyclic amines) is 1. The predicted molar refractivity (Wildman–Crippen MR) is 119 cm³/mol. The largest absolute Gasteiger partial charge is 0.397 e. The Labute approximate surface area is 186 Å². The van der Waals surface area contributed by atoms with Gasteiger partial charge in [0.1, 0.15) is 0 Å². The minimum atomic E-state index is -4.24. The first-order chi connectivity index (χ1) is 15.2. The normalized spacial score (nSPS) is 26.8. The third-order valence-corrected chi connectivity index (χ3v) is 7.66. The van der Waals surface area contributed by atoms with E-state index in [1.807, 2.05) is 42.5 Å². The van der Waals surface area contributed by atoms with Crippen LogP contribution in [-0.2, 0) is 0 Å². The van der Waals surface area contributed by atoms with Gasteiger partial charge < -0.3 is 10.2 Å². The minimum Gasteiger partial charge on any atom is -0.372 e. The number of hydrogen-bond acceptors (Lipinski definition) is 2. The van der Waals surface area contributed by atoms with Crippen molar-refractivity contribution >= 4 is 16.7 Å². The van der Waals surface area contributed by atoms with Crippen LogP contribution in [0.3, 0.4) is 0 Å². The predicted octanol–water partition coefficient (Wildman–Crippen LogP) is 5.84. The summed E-state index contributed by atoms with van der Waals surface area (Å²) in [4.78, 5) is 15.1. The number of carbonyl (C=O) groups is 1. The number of hydrogen-bond donors (Lipinski definition) is 1. The number of amides is 1. The Morgan fingerprint density at radius 3 is 2.50 bits per heavy atom. The van der Waals surface area contributed by atoms with E-state index in [1.54, 1.807) is 12.2 Å². The summed E-state index contributed by atoms with van der Waals surface area (Å²) in [6.07, 6.45) is 3.24. The molecule has 168 valence electrons. The zero-order valence-electron chi connectivity index (χ0n) is 18.1. The summed E-state index contributed by atoms with van der Waals surface area (Å²) in [5, 5.41) is 5.24. The van der Waals surface area contributed by atoms with Crippen LogP contribution in [0.1, 0.15) is 43.0 Å². The maximum Gasteiger partial charge on any atom is 0.397 e. The number of alkyl halides is 3. The summed E-state index contributed by atoms with van der Waals surface area (Å²) in [6, 6.07) is 13.8. The van der Waals surface area contributed by atoms with Gasteiger partial charge in [0.25, 0.3) is 5.91 Å². The maximum absolute atomic E-state index is 13.2. The number of rotatable bonds is 3. The van der Waals surface area contributed by atoms with Crippen LogP contribution in [0, 0.1) is 10.8 Å². The van der Waals surface area contributed by atoms with Crippen molar-refractivity contribution < 1.29 is 18.0 Å². The summed E-state index contributed by atoms with van der Waals surface area (Å²) >= 11 is 0. The molecule has 3 aliphatic rings. The molecule has 6 heteroatoms. The highest BCUT2D eigenvalue weighted by Crippen LogP contribution is 2.54. The van der Waals surface area contributed by atoms with Gasteiger partial charge in [-0.1, -0.05) is 48.6 Å². The Hall–Kier alpha value is -2.76. The van der Waals surface area contributed by atoms with Crippen LogP contribution in [0.25, 0.3) is 10.8 Å². The Balaban J connectivity index is 1.19. The van der Waals surface area contributed by atoms with Gasteiger partial charge in [-0.15, -0.1) is 0 Å². The van der Waals surface area contributed by atoms with Crippen molar-refractivity contribution in [1.82, 2.24) is 10.2 Å². The number of fused-ring (bicyclic) bond motifs is 1. The van der Waals surface area contributed by atoms with Crippen molar-refractivity contribution in [1.29, 1.82) is 0 Å².